The highest BCUT2D eigenvalue weighted by Crippen LogP contribution is 2.24. The highest BCUT2D eigenvalue weighted by Gasteiger charge is 2.17. The minimum atomic E-state index is -0.210. The van der Waals surface area contributed by atoms with Gasteiger partial charge in [0.2, 0.25) is 0 Å². The standard InChI is InChI=1S/C15H17ClN2O2/c1-9(8-19)10(2)18-15(20)12-5-6-13(16)11-4-3-7-17-14(11)12/h3-7,9-10,19H,8H2,1-2H3,(H,18,20). The third-order valence-corrected chi connectivity index (χ3v) is 3.79. The number of benzene rings is 1. The first-order valence-corrected chi connectivity index (χ1v) is 6.87. The lowest BCUT2D eigenvalue weighted by Crippen LogP contribution is -2.38. The van der Waals surface area contributed by atoms with E-state index in [-0.39, 0.29) is 24.5 Å². The first kappa shape index (κ1) is 14.8. The zero-order valence-electron chi connectivity index (χ0n) is 11.4. The molecule has 0 aliphatic heterocycles. The lowest BCUT2D eigenvalue weighted by molar-refractivity contribution is 0.0918. The van der Waals surface area contributed by atoms with E-state index >= 15 is 0 Å². The molecule has 0 spiro atoms. The van der Waals surface area contributed by atoms with Crippen molar-refractivity contribution < 1.29 is 9.90 Å². The fourth-order valence-corrected chi connectivity index (χ4v) is 2.12. The maximum atomic E-state index is 12.3. The second-order valence-corrected chi connectivity index (χ2v) is 5.32. The summed E-state index contributed by atoms with van der Waals surface area (Å²) in [6.07, 6.45) is 1.63. The van der Waals surface area contributed by atoms with Gasteiger partial charge in [-0.2, -0.15) is 0 Å². The van der Waals surface area contributed by atoms with Crippen molar-refractivity contribution in [1.82, 2.24) is 10.3 Å². The first-order chi connectivity index (χ1) is 9.54. The van der Waals surface area contributed by atoms with Crippen LogP contribution in [0.15, 0.2) is 30.5 Å². The summed E-state index contributed by atoms with van der Waals surface area (Å²) >= 11 is 6.11. The van der Waals surface area contributed by atoms with Gasteiger partial charge in [-0.1, -0.05) is 18.5 Å². The Hall–Kier alpha value is -1.65. The summed E-state index contributed by atoms with van der Waals surface area (Å²) < 4.78 is 0. The van der Waals surface area contributed by atoms with Gasteiger partial charge >= 0.3 is 0 Å². The van der Waals surface area contributed by atoms with E-state index in [1.165, 1.54) is 0 Å². The topological polar surface area (TPSA) is 62.2 Å². The maximum Gasteiger partial charge on any atom is 0.253 e. The fourth-order valence-electron chi connectivity index (χ4n) is 1.91. The number of carbonyl (C=O) groups excluding carboxylic acids is 1. The number of nitrogens with one attached hydrogen (secondary N) is 1. The Morgan fingerprint density at radius 2 is 2.15 bits per heavy atom. The molecule has 0 radical (unpaired) electrons. The highest BCUT2D eigenvalue weighted by molar-refractivity contribution is 6.36. The number of halogens is 1. The normalized spacial score (nSPS) is 14.0. The third kappa shape index (κ3) is 2.92. The first-order valence-electron chi connectivity index (χ1n) is 6.49. The number of carbonyl (C=O) groups is 1. The Bertz CT molecular complexity index is 630. The molecule has 20 heavy (non-hydrogen) atoms. The second-order valence-electron chi connectivity index (χ2n) is 4.92. The average Bonchev–Trinajstić information content (AvgIpc) is 2.46. The van der Waals surface area contributed by atoms with Crippen molar-refractivity contribution in [2.45, 2.75) is 19.9 Å². The summed E-state index contributed by atoms with van der Waals surface area (Å²) in [4.78, 5) is 16.6. The van der Waals surface area contributed by atoms with Gasteiger partial charge in [-0.05, 0) is 37.1 Å². The van der Waals surface area contributed by atoms with Crippen molar-refractivity contribution in [2.75, 3.05) is 6.61 Å². The number of rotatable bonds is 4. The van der Waals surface area contributed by atoms with Crippen LogP contribution in [-0.4, -0.2) is 28.6 Å². The molecule has 5 heteroatoms. The molecule has 106 valence electrons. The second kappa shape index (κ2) is 6.20. The molecule has 1 aromatic carbocycles. The molecule has 2 atom stereocenters. The Balaban J connectivity index is 2.34. The smallest absolute Gasteiger partial charge is 0.253 e. The van der Waals surface area contributed by atoms with E-state index in [2.05, 4.69) is 10.3 Å². The average molecular weight is 293 g/mol. The van der Waals surface area contributed by atoms with Gasteiger partial charge in [0.15, 0.2) is 0 Å². The Morgan fingerprint density at radius 1 is 1.40 bits per heavy atom. The molecule has 1 heterocycles. The van der Waals surface area contributed by atoms with E-state index in [4.69, 9.17) is 16.7 Å². The summed E-state index contributed by atoms with van der Waals surface area (Å²) in [6.45, 7) is 3.77. The van der Waals surface area contributed by atoms with Gasteiger partial charge in [-0.25, -0.2) is 0 Å². The van der Waals surface area contributed by atoms with E-state index in [0.717, 1.165) is 5.39 Å². The predicted molar refractivity (Wildman–Crippen MR) is 79.9 cm³/mol. The van der Waals surface area contributed by atoms with Crippen LogP contribution in [-0.2, 0) is 0 Å². The molecule has 0 saturated carbocycles. The van der Waals surface area contributed by atoms with Crippen LogP contribution in [0.25, 0.3) is 10.9 Å². The van der Waals surface area contributed by atoms with Crippen LogP contribution >= 0.6 is 11.6 Å². The molecule has 2 aromatic rings. The number of nitrogens with zero attached hydrogens (tertiary/aromatic N) is 1. The van der Waals surface area contributed by atoms with Crippen molar-refractivity contribution in [3.05, 3.63) is 41.0 Å². The summed E-state index contributed by atoms with van der Waals surface area (Å²) in [5.41, 5.74) is 1.07. The summed E-state index contributed by atoms with van der Waals surface area (Å²) in [6, 6.07) is 6.86. The SMILES string of the molecule is CC(CO)C(C)NC(=O)c1ccc(Cl)c2cccnc12. The molecule has 2 rings (SSSR count). The van der Waals surface area contributed by atoms with E-state index in [1.54, 1.807) is 24.4 Å². The molecule has 2 N–H and O–H groups in total. The minimum Gasteiger partial charge on any atom is -0.396 e. The van der Waals surface area contributed by atoms with E-state index in [0.29, 0.717) is 16.1 Å². The van der Waals surface area contributed by atoms with Crippen molar-refractivity contribution in [3.8, 4) is 0 Å². The van der Waals surface area contributed by atoms with E-state index in [1.807, 2.05) is 19.9 Å². The summed E-state index contributed by atoms with van der Waals surface area (Å²) in [5.74, 6) is -0.219. The van der Waals surface area contributed by atoms with Gasteiger partial charge in [-0.3, -0.25) is 9.78 Å². The molecule has 0 fully saturated rings. The number of fused-ring (bicyclic) bond motifs is 1. The lowest BCUT2D eigenvalue weighted by atomic mass is 10.0. The fraction of sp³-hybridized carbons (Fsp3) is 0.333. The van der Waals surface area contributed by atoms with Gasteiger partial charge in [0, 0.05) is 24.2 Å². The number of amides is 1. The van der Waals surface area contributed by atoms with Crippen LogP contribution in [0, 0.1) is 5.92 Å². The molecule has 0 aliphatic rings. The van der Waals surface area contributed by atoms with Gasteiger partial charge in [0.05, 0.1) is 16.1 Å². The van der Waals surface area contributed by atoms with Crippen molar-refractivity contribution in [1.29, 1.82) is 0 Å². The third-order valence-electron chi connectivity index (χ3n) is 3.46. The Kier molecular flexibility index (Phi) is 4.57. The van der Waals surface area contributed by atoms with E-state index < -0.39 is 0 Å². The molecule has 0 bridgehead atoms. The van der Waals surface area contributed by atoms with Crippen LogP contribution < -0.4 is 5.32 Å². The van der Waals surface area contributed by atoms with Crippen molar-refractivity contribution in [2.24, 2.45) is 5.92 Å². The predicted octanol–water partition coefficient (Wildman–Crippen LogP) is 2.63. The van der Waals surface area contributed by atoms with Gasteiger partial charge in [0.1, 0.15) is 0 Å². The molecule has 2 unspecified atom stereocenters. The number of aromatic nitrogens is 1. The molecule has 0 saturated heterocycles. The number of pyridine rings is 1. The molecular weight excluding hydrogens is 276 g/mol. The van der Waals surface area contributed by atoms with Gasteiger partial charge in [-0.15, -0.1) is 0 Å². The van der Waals surface area contributed by atoms with Crippen LogP contribution in [0.4, 0.5) is 0 Å². The monoisotopic (exact) mass is 292 g/mol. The lowest BCUT2D eigenvalue weighted by Gasteiger charge is -2.19. The number of hydrogen-bond donors (Lipinski definition) is 2. The van der Waals surface area contributed by atoms with Crippen molar-refractivity contribution in [3.63, 3.8) is 0 Å². The van der Waals surface area contributed by atoms with Gasteiger partial charge in [0.25, 0.3) is 5.91 Å². The largest absolute Gasteiger partial charge is 0.396 e. The zero-order chi connectivity index (χ0) is 14.7. The molecule has 0 aliphatic carbocycles. The molecule has 1 aromatic heterocycles. The molecule has 1 amide bonds. The Morgan fingerprint density at radius 3 is 2.85 bits per heavy atom. The minimum absolute atomic E-state index is 0.00882. The Labute approximate surface area is 122 Å². The van der Waals surface area contributed by atoms with Crippen LogP contribution in [0.2, 0.25) is 5.02 Å². The van der Waals surface area contributed by atoms with Crippen molar-refractivity contribution >= 4 is 28.4 Å². The summed E-state index contributed by atoms with van der Waals surface area (Å²) in [5, 5.41) is 13.3. The van der Waals surface area contributed by atoms with Crippen LogP contribution in [0.3, 0.4) is 0 Å². The number of aliphatic hydroxyl groups is 1. The quantitative estimate of drug-likeness (QED) is 0.910. The molecule has 4 nitrogen and oxygen atoms in total. The molecular formula is C15H17ClN2O2. The zero-order valence-corrected chi connectivity index (χ0v) is 12.2. The number of hydrogen-bond acceptors (Lipinski definition) is 3. The van der Waals surface area contributed by atoms with E-state index in [9.17, 15) is 4.79 Å². The van der Waals surface area contributed by atoms with Crippen LogP contribution in [0.1, 0.15) is 24.2 Å². The summed E-state index contributed by atoms with van der Waals surface area (Å²) in [7, 11) is 0. The number of aliphatic hydroxyl groups excluding tert-OH is 1. The van der Waals surface area contributed by atoms with Crippen LogP contribution in [0.5, 0.6) is 0 Å². The highest BCUT2D eigenvalue weighted by atomic mass is 35.5. The van der Waals surface area contributed by atoms with Gasteiger partial charge < -0.3 is 10.4 Å². The maximum absolute atomic E-state index is 12.3.